The molecule has 1 aromatic heterocycles. The molecule has 1 fully saturated rings. The number of aromatic nitrogens is 4. The Labute approximate surface area is 188 Å². The van der Waals surface area contributed by atoms with Crippen molar-refractivity contribution in [1.29, 1.82) is 0 Å². The summed E-state index contributed by atoms with van der Waals surface area (Å²) in [5, 5.41) is 12.8. The molecule has 1 saturated heterocycles. The lowest BCUT2D eigenvalue weighted by molar-refractivity contribution is -0.143. The fraction of sp³-hybridized carbons (Fsp3) is 0.417. The second-order valence-electron chi connectivity index (χ2n) is 8.45. The zero-order valence-corrected chi connectivity index (χ0v) is 19.3. The maximum absolute atomic E-state index is 13.2. The smallest absolute Gasteiger partial charge is 0.223 e. The number of amides is 1. The van der Waals surface area contributed by atoms with Crippen LogP contribution in [-0.4, -0.2) is 45.2 Å². The predicted molar refractivity (Wildman–Crippen MR) is 120 cm³/mol. The highest BCUT2D eigenvalue weighted by Gasteiger charge is 2.44. The third-order valence-corrected chi connectivity index (χ3v) is 6.34. The van der Waals surface area contributed by atoms with E-state index in [1.165, 1.54) is 0 Å². The molecule has 1 aliphatic rings. The Kier molecular flexibility index (Phi) is 5.86. The Morgan fingerprint density at radius 1 is 1.06 bits per heavy atom. The van der Waals surface area contributed by atoms with Crippen molar-refractivity contribution in [2.75, 3.05) is 14.2 Å². The summed E-state index contributed by atoms with van der Waals surface area (Å²) in [4.78, 5) is 15.1. The van der Waals surface area contributed by atoms with Crippen molar-refractivity contribution < 1.29 is 14.3 Å². The Morgan fingerprint density at radius 2 is 1.78 bits per heavy atom. The van der Waals surface area contributed by atoms with Crippen molar-refractivity contribution in [3.05, 3.63) is 58.9 Å². The van der Waals surface area contributed by atoms with Crippen LogP contribution in [0.4, 0.5) is 0 Å². The molecule has 1 unspecified atom stereocenters. The van der Waals surface area contributed by atoms with Crippen molar-refractivity contribution in [3.8, 4) is 17.2 Å². The van der Waals surface area contributed by atoms with Gasteiger partial charge in [-0.3, -0.25) is 4.79 Å². The summed E-state index contributed by atoms with van der Waals surface area (Å²) >= 11 is 0. The van der Waals surface area contributed by atoms with E-state index in [0.29, 0.717) is 30.3 Å². The largest absolute Gasteiger partial charge is 0.493 e. The van der Waals surface area contributed by atoms with E-state index in [0.717, 1.165) is 35.2 Å². The number of carbonyl (C=O) groups excluding carboxylic acids is 1. The number of ether oxygens (including phenoxy) is 2. The molecule has 8 nitrogen and oxygen atoms in total. The van der Waals surface area contributed by atoms with E-state index in [1.54, 1.807) is 18.9 Å². The van der Waals surface area contributed by atoms with E-state index < -0.39 is 5.54 Å². The zero-order chi connectivity index (χ0) is 22.9. The molecule has 2 aromatic carbocycles. The summed E-state index contributed by atoms with van der Waals surface area (Å²) in [6, 6.07) is 11.8. The van der Waals surface area contributed by atoms with Crippen molar-refractivity contribution in [1.82, 2.24) is 25.1 Å². The first-order valence-corrected chi connectivity index (χ1v) is 10.8. The summed E-state index contributed by atoms with van der Waals surface area (Å²) in [7, 11) is 3.21. The number of aryl methyl sites for hydroxylation is 2. The van der Waals surface area contributed by atoms with Gasteiger partial charge in [-0.2, -0.15) is 4.68 Å². The molecule has 1 amide bonds. The van der Waals surface area contributed by atoms with Gasteiger partial charge >= 0.3 is 0 Å². The van der Waals surface area contributed by atoms with Gasteiger partial charge in [0.25, 0.3) is 0 Å². The molecule has 2 heterocycles. The number of hydrogen-bond acceptors (Lipinski definition) is 6. The molecular formula is C24H29N5O3. The molecule has 1 atom stereocenters. The molecule has 0 saturated carbocycles. The molecule has 0 bridgehead atoms. The number of hydrogen-bond donors (Lipinski definition) is 0. The van der Waals surface area contributed by atoms with Crippen LogP contribution in [0.3, 0.4) is 0 Å². The van der Waals surface area contributed by atoms with Gasteiger partial charge in [-0.25, -0.2) is 0 Å². The second-order valence-corrected chi connectivity index (χ2v) is 8.45. The van der Waals surface area contributed by atoms with Crippen LogP contribution in [0.2, 0.25) is 0 Å². The molecule has 0 N–H and O–H groups in total. The molecule has 8 heteroatoms. The Hall–Kier alpha value is -3.42. The van der Waals surface area contributed by atoms with Crippen LogP contribution in [0, 0.1) is 13.8 Å². The van der Waals surface area contributed by atoms with E-state index >= 15 is 0 Å². The number of likely N-dealkylation sites (tertiary alicyclic amines) is 1. The average molecular weight is 436 g/mol. The number of para-hydroxylation sites is 1. The minimum absolute atomic E-state index is 0.0876. The van der Waals surface area contributed by atoms with Gasteiger partial charge in [0.15, 0.2) is 17.3 Å². The molecule has 4 rings (SSSR count). The number of benzene rings is 2. The first-order valence-electron chi connectivity index (χ1n) is 10.8. The fourth-order valence-electron chi connectivity index (χ4n) is 4.60. The van der Waals surface area contributed by atoms with E-state index in [1.807, 2.05) is 55.1 Å². The lowest BCUT2D eigenvalue weighted by atomic mass is 9.86. The number of rotatable bonds is 6. The van der Waals surface area contributed by atoms with Crippen LogP contribution in [0.5, 0.6) is 11.5 Å². The van der Waals surface area contributed by atoms with Gasteiger partial charge in [-0.15, -0.1) is 5.10 Å². The monoisotopic (exact) mass is 435 g/mol. The van der Waals surface area contributed by atoms with Crippen LogP contribution >= 0.6 is 0 Å². The third-order valence-electron chi connectivity index (χ3n) is 6.34. The van der Waals surface area contributed by atoms with E-state index in [4.69, 9.17) is 9.47 Å². The zero-order valence-electron chi connectivity index (χ0n) is 19.3. The lowest BCUT2D eigenvalue weighted by Gasteiger charge is -2.43. The molecule has 168 valence electrons. The highest BCUT2D eigenvalue weighted by atomic mass is 16.5. The summed E-state index contributed by atoms with van der Waals surface area (Å²) < 4.78 is 12.6. The average Bonchev–Trinajstić information content (AvgIpc) is 3.26. The van der Waals surface area contributed by atoms with Crippen LogP contribution in [0.1, 0.15) is 48.7 Å². The first-order chi connectivity index (χ1) is 15.4. The molecule has 3 aromatic rings. The molecule has 32 heavy (non-hydrogen) atoms. The maximum atomic E-state index is 13.2. The predicted octanol–water partition coefficient (Wildman–Crippen LogP) is 3.72. The quantitative estimate of drug-likeness (QED) is 0.587. The molecule has 0 aliphatic carbocycles. The van der Waals surface area contributed by atoms with Crippen molar-refractivity contribution in [2.24, 2.45) is 0 Å². The first kappa shape index (κ1) is 21.8. The summed E-state index contributed by atoms with van der Waals surface area (Å²) in [6.07, 6.45) is 2.07. The Morgan fingerprint density at radius 3 is 2.47 bits per heavy atom. The topological polar surface area (TPSA) is 82.4 Å². The van der Waals surface area contributed by atoms with E-state index in [2.05, 4.69) is 22.4 Å². The highest BCUT2D eigenvalue weighted by Crippen LogP contribution is 2.39. The van der Waals surface area contributed by atoms with Crippen molar-refractivity contribution in [2.45, 2.75) is 52.1 Å². The van der Waals surface area contributed by atoms with Gasteiger partial charge in [-0.1, -0.05) is 24.3 Å². The lowest BCUT2D eigenvalue weighted by Crippen LogP contribution is -2.51. The molecule has 1 aliphatic heterocycles. The van der Waals surface area contributed by atoms with Gasteiger partial charge in [0.1, 0.15) is 5.54 Å². The maximum Gasteiger partial charge on any atom is 0.223 e. The number of nitrogens with zero attached hydrogens (tertiary/aromatic N) is 5. The van der Waals surface area contributed by atoms with Gasteiger partial charge in [0.05, 0.1) is 19.9 Å². The summed E-state index contributed by atoms with van der Waals surface area (Å²) in [5.74, 6) is 2.05. The van der Waals surface area contributed by atoms with Crippen molar-refractivity contribution in [3.63, 3.8) is 0 Å². The van der Waals surface area contributed by atoms with Crippen LogP contribution in [0.25, 0.3) is 5.69 Å². The normalized spacial score (nSPS) is 18.7. The summed E-state index contributed by atoms with van der Waals surface area (Å²) in [6.45, 7) is 6.57. The summed E-state index contributed by atoms with van der Waals surface area (Å²) in [5.41, 5.74) is 3.42. The van der Waals surface area contributed by atoms with Gasteiger partial charge < -0.3 is 14.4 Å². The number of methoxy groups -OCH3 is 2. The number of carbonyl (C=O) groups is 1. The van der Waals surface area contributed by atoms with Gasteiger partial charge in [0.2, 0.25) is 5.91 Å². The SMILES string of the molecule is COc1ccc(CN2C(=O)CCCC2(C)c2nnnn2-c2c(C)cccc2C)cc1OC. The fourth-order valence-corrected chi connectivity index (χ4v) is 4.60. The standard InChI is InChI=1S/C24H29N5O3/c1-16-8-6-9-17(2)22(16)29-23(25-26-27-29)24(3)13-7-10-21(30)28(24)15-18-11-12-19(31-4)20(14-18)32-5/h6,8-9,11-12,14H,7,10,13,15H2,1-5H3. The second kappa shape index (κ2) is 8.61. The van der Waals surface area contributed by atoms with Gasteiger partial charge in [-0.05, 0) is 72.9 Å². The number of tetrazole rings is 1. The molecule has 0 spiro atoms. The van der Waals surface area contributed by atoms with E-state index in [9.17, 15) is 4.79 Å². The molecular weight excluding hydrogens is 406 g/mol. The third kappa shape index (κ3) is 3.70. The van der Waals surface area contributed by atoms with Crippen LogP contribution in [0.15, 0.2) is 36.4 Å². The number of piperidine rings is 1. The Balaban J connectivity index is 1.77. The van der Waals surface area contributed by atoms with E-state index in [-0.39, 0.29) is 5.91 Å². The molecule has 0 radical (unpaired) electrons. The highest BCUT2D eigenvalue weighted by molar-refractivity contribution is 5.78. The minimum Gasteiger partial charge on any atom is -0.493 e. The Bertz CT molecular complexity index is 1120. The van der Waals surface area contributed by atoms with Crippen LogP contribution in [-0.2, 0) is 16.9 Å². The van der Waals surface area contributed by atoms with Gasteiger partial charge in [0, 0.05) is 13.0 Å². The van der Waals surface area contributed by atoms with Crippen molar-refractivity contribution >= 4 is 5.91 Å². The minimum atomic E-state index is -0.652. The van der Waals surface area contributed by atoms with Crippen LogP contribution < -0.4 is 9.47 Å².